The number of amides is 1. The normalized spacial score (nSPS) is 12.7. The fourth-order valence-electron chi connectivity index (χ4n) is 4.11. The van der Waals surface area contributed by atoms with Crippen molar-refractivity contribution < 1.29 is 22.7 Å². The molecule has 10 heteroatoms. The molecule has 0 aliphatic carbocycles. The van der Waals surface area contributed by atoms with Gasteiger partial charge in [0.05, 0.1) is 21.5 Å². The summed E-state index contributed by atoms with van der Waals surface area (Å²) in [6.07, 6.45) is 0. The van der Waals surface area contributed by atoms with Crippen molar-refractivity contribution in [3.05, 3.63) is 80.8 Å². The van der Waals surface area contributed by atoms with Crippen molar-refractivity contribution in [2.24, 2.45) is 0 Å². The second-order valence-electron chi connectivity index (χ2n) is 8.37. The summed E-state index contributed by atoms with van der Waals surface area (Å²) in [6, 6.07) is 13.5. The Morgan fingerprint density at radius 2 is 1.63 bits per heavy atom. The van der Waals surface area contributed by atoms with Crippen LogP contribution in [0.25, 0.3) is 0 Å². The van der Waals surface area contributed by atoms with E-state index < -0.39 is 22.5 Å². The number of aryl methyl sites for hydroxylation is 3. The van der Waals surface area contributed by atoms with Crippen molar-refractivity contribution in [3.63, 3.8) is 0 Å². The molecule has 1 amide bonds. The van der Waals surface area contributed by atoms with Crippen molar-refractivity contribution >= 4 is 44.8 Å². The predicted molar refractivity (Wildman–Crippen MR) is 136 cm³/mol. The summed E-state index contributed by atoms with van der Waals surface area (Å²) in [4.78, 5) is 13.2. The van der Waals surface area contributed by atoms with Crippen molar-refractivity contribution in [2.75, 3.05) is 18.7 Å². The number of carbonyl (C=O) groups excluding carboxylic acids is 1. The van der Waals surface area contributed by atoms with Gasteiger partial charge in [-0.3, -0.25) is 4.79 Å². The van der Waals surface area contributed by atoms with Crippen molar-refractivity contribution in [3.8, 4) is 11.5 Å². The molecule has 4 rings (SSSR count). The van der Waals surface area contributed by atoms with E-state index >= 15 is 0 Å². The lowest BCUT2D eigenvalue weighted by atomic mass is 10.1. The number of ether oxygens (including phenoxy) is 2. The van der Waals surface area contributed by atoms with E-state index in [1.807, 2.05) is 19.1 Å². The van der Waals surface area contributed by atoms with E-state index in [9.17, 15) is 13.2 Å². The van der Waals surface area contributed by atoms with Gasteiger partial charge in [-0.2, -0.15) is 4.31 Å². The molecule has 0 atom stereocenters. The maximum atomic E-state index is 13.8. The zero-order chi connectivity index (χ0) is 25.3. The molecule has 1 heterocycles. The third-order valence-electron chi connectivity index (χ3n) is 5.52. The van der Waals surface area contributed by atoms with Gasteiger partial charge >= 0.3 is 0 Å². The Hall–Kier alpha value is -2.78. The highest BCUT2D eigenvalue weighted by molar-refractivity contribution is 7.89. The van der Waals surface area contributed by atoms with Crippen LogP contribution in [-0.4, -0.2) is 32.0 Å². The average molecular weight is 535 g/mol. The first kappa shape index (κ1) is 25.3. The molecule has 184 valence electrons. The van der Waals surface area contributed by atoms with Crippen molar-refractivity contribution in [1.82, 2.24) is 4.31 Å². The van der Waals surface area contributed by atoms with Gasteiger partial charge in [-0.05, 0) is 61.7 Å². The molecule has 0 fully saturated rings. The molecule has 3 aromatic carbocycles. The van der Waals surface area contributed by atoms with Gasteiger partial charge in [0.25, 0.3) is 0 Å². The van der Waals surface area contributed by atoms with E-state index in [1.54, 1.807) is 50.2 Å². The van der Waals surface area contributed by atoms with Crippen LogP contribution < -0.4 is 14.8 Å². The Kier molecular flexibility index (Phi) is 7.28. The number of rotatable bonds is 7. The molecule has 7 nitrogen and oxygen atoms in total. The molecule has 3 aromatic rings. The van der Waals surface area contributed by atoms with Gasteiger partial charge in [0.1, 0.15) is 0 Å². The van der Waals surface area contributed by atoms with Gasteiger partial charge in [-0.25, -0.2) is 8.42 Å². The van der Waals surface area contributed by atoms with Crippen LogP contribution in [0.2, 0.25) is 10.0 Å². The summed E-state index contributed by atoms with van der Waals surface area (Å²) in [7, 11) is -4.05. The topological polar surface area (TPSA) is 84.9 Å². The number of halogens is 2. The van der Waals surface area contributed by atoms with Gasteiger partial charge in [0.15, 0.2) is 11.5 Å². The zero-order valence-corrected chi connectivity index (χ0v) is 21.7. The lowest BCUT2D eigenvalue weighted by molar-refractivity contribution is -0.116. The van der Waals surface area contributed by atoms with Crippen LogP contribution in [0, 0.1) is 20.8 Å². The number of fused-ring (bicyclic) bond motifs is 1. The van der Waals surface area contributed by atoms with Gasteiger partial charge in [-0.15, -0.1) is 0 Å². The fourth-order valence-corrected chi connectivity index (χ4v) is 6.22. The Balaban J connectivity index is 1.65. The minimum Gasteiger partial charge on any atom is -0.454 e. The molecular formula is C25H24Cl2N2O5S. The maximum absolute atomic E-state index is 13.8. The highest BCUT2D eigenvalue weighted by Gasteiger charge is 2.30. The molecule has 0 saturated carbocycles. The molecule has 0 bridgehead atoms. The molecule has 1 aliphatic rings. The molecule has 1 N–H and O–H groups in total. The summed E-state index contributed by atoms with van der Waals surface area (Å²) in [5.74, 6) is 0.584. The minimum absolute atomic E-state index is 0.0689. The second kappa shape index (κ2) is 10.1. The SMILES string of the molecule is Cc1cc(C)c(S(=O)(=O)N(CC(=O)Nc2ccc3c(c2)OCO3)Cc2ccc(Cl)c(Cl)c2)c(C)c1. The number of nitrogens with one attached hydrogen (secondary N) is 1. The molecule has 1 aliphatic heterocycles. The van der Waals surface area contributed by atoms with Crippen LogP contribution in [-0.2, 0) is 21.4 Å². The monoisotopic (exact) mass is 534 g/mol. The minimum atomic E-state index is -4.05. The molecule has 0 radical (unpaired) electrons. The van der Waals surface area contributed by atoms with Crippen molar-refractivity contribution in [2.45, 2.75) is 32.2 Å². The average Bonchev–Trinajstić information content (AvgIpc) is 3.22. The summed E-state index contributed by atoms with van der Waals surface area (Å²) >= 11 is 12.2. The van der Waals surface area contributed by atoms with Crippen LogP contribution in [0.1, 0.15) is 22.3 Å². The standard InChI is InChI=1S/C25H24Cl2N2O5S/c1-15-8-16(2)25(17(3)9-15)35(31,32)29(12-18-4-6-20(26)21(27)10-18)13-24(30)28-19-5-7-22-23(11-19)34-14-33-22/h4-11H,12-14H2,1-3H3,(H,28,30). The van der Waals surface area contributed by atoms with E-state index in [0.717, 1.165) is 9.87 Å². The molecule has 0 spiro atoms. The van der Waals surface area contributed by atoms with Crippen LogP contribution in [0.15, 0.2) is 53.4 Å². The third-order valence-corrected chi connectivity index (χ3v) is 8.36. The molecule has 35 heavy (non-hydrogen) atoms. The smallest absolute Gasteiger partial charge is 0.244 e. The Labute approximate surface area is 214 Å². The number of hydrogen-bond acceptors (Lipinski definition) is 5. The fraction of sp³-hybridized carbons (Fsp3) is 0.240. The van der Waals surface area contributed by atoms with E-state index in [1.165, 1.54) is 0 Å². The Bertz CT molecular complexity index is 1390. The van der Waals surface area contributed by atoms with E-state index in [2.05, 4.69) is 5.32 Å². The number of carbonyl (C=O) groups is 1. The van der Waals surface area contributed by atoms with E-state index in [0.29, 0.717) is 43.9 Å². The van der Waals surface area contributed by atoms with Crippen LogP contribution >= 0.6 is 23.2 Å². The lowest BCUT2D eigenvalue weighted by Crippen LogP contribution is -2.38. The maximum Gasteiger partial charge on any atom is 0.244 e. The first-order chi connectivity index (χ1) is 16.5. The van der Waals surface area contributed by atoms with Crippen LogP contribution in [0.4, 0.5) is 5.69 Å². The molecule has 0 aromatic heterocycles. The molecule has 0 saturated heterocycles. The largest absolute Gasteiger partial charge is 0.454 e. The number of sulfonamides is 1. The highest BCUT2D eigenvalue weighted by atomic mass is 35.5. The Morgan fingerprint density at radius 1 is 0.943 bits per heavy atom. The number of benzene rings is 3. The van der Waals surface area contributed by atoms with Gasteiger partial charge in [0, 0.05) is 18.3 Å². The van der Waals surface area contributed by atoms with Crippen LogP contribution in [0.3, 0.4) is 0 Å². The Morgan fingerprint density at radius 3 is 2.31 bits per heavy atom. The first-order valence-electron chi connectivity index (χ1n) is 10.8. The molecule has 0 unspecified atom stereocenters. The first-order valence-corrected chi connectivity index (χ1v) is 13.0. The molecular weight excluding hydrogens is 511 g/mol. The second-order valence-corrected chi connectivity index (χ2v) is 11.1. The highest BCUT2D eigenvalue weighted by Crippen LogP contribution is 2.34. The van der Waals surface area contributed by atoms with Gasteiger partial charge in [0.2, 0.25) is 22.7 Å². The van der Waals surface area contributed by atoms with Crippen LogP contribution in [0.5, 0.6) is 11.5 Å². The van der Waals surface area contributed by atoms with Crippen molar-refractivity contribution in [1.29, 1.82) is 0 Å². The summed E-state index contributed by atoms with van der Waals surface area (Å²) in [6.45, 7) is 5.03. The zero-order valence-electron chi connectivity index (χ0n) is 19.4. The van der Waals surface area contributed by atoms with E-state index in [4.69, 9.17) is 32.7 Å². The van der Waals surface area contributed by atoms with E-state index in [-0.39, 0.29) is 18.2 Å². The third kappa shape index (κ3) is 5.56. The summed E-state index contributed by atoms with van der Waals surface area (Å²) in [5.41, 5.74) is 3.24. The number of anilines is 1. The number of hydrogen-bond donors (Lipinski definition) is 1. The van der Waals surface area contributed by atoms with Gasteiger partial charge < -0.3 is 14.8 Å². The summed E-state index contributed by atoms with van der Waals surface area (Å²) in [5, 5.41) is 3.40. The number of nitrogens with zero attached hydrogens (tertiary/aromatic N) is 1. The lowest BCUT2D eigenvalue weighted by Gasteiger charge is -2.24. The van der Waals surface area contributed by atoms with Gasteiger partial charge in [-0.1, -0.05) is 47.0 Å². The predicted octanol–water partition coefficient (Wildman–Crippen LogP) is 5.48. The summed E-state index contributed by atoms with van der Waals surface area (Å²) < 4.78 is 39.4. The quantitative estimate of drug-likeness (QED) is 0.434.